The average molecular weight is 131 g/mol. The van der Waals surface area contributed by atoms with Gasteiger partial charge in [-0.1, -0.05) is 0 Å². The molecule has 0 radical (unpaired) electrons. The summed E-state index contributed by atoms with van der Waals surface area (Å²) in [4.78, 5) is 0. The molecule has 0 aromatic carbocycles. The van der Waals surface area contributed by atoms with Crippen LogP contribution in [-0.4, -0.2) is 39.5 Å². The molecule has 1 rings (SSSR count). The van der Waals surface area contributed by atoms with Gasteiger partial charge in [-0.2, -0.15) is 0 Å². The molecule has 1 aliphatic heterocycles. The molecule has 0 aromatic heterocycles. The molecule has 0 bridgehead atoms. The van der Waals surface area contributed by atoms with Gasteiger partial charge in [0, 0.05) is 27.3 Å². The van der Waals surface area contributed by atoms with Crippen LogP contribution in [0.3, 0.4) is 0 Å². The fraction of sp³-hybridized carbons (Fsp3) is 1.00. The molecule has 3 heteroatoms. The van der Waals surface area contributed by atoms with Crippen LogP contribution in [0.15, 0.2) is 0 Å². The number of hydrogen-bond donors (Lipinski definition) is 1. The SMILES string of the molecule is CO[C@@H]1CNC[C@H]1OC. The summed E-state index contributed by atoms with van der Waals surface area (Å²) >= 11 is 0. The molecule has 0 spiro atoms. The van der Waals surface area contributed by atoms with E-state index in [-0.39, 0.29) is 12.2 Å². The van der Waals surface area contributed by atoms with E-state index in [1.807, 2.05) is 0 Å². The van der Waals surface area contributed by atoms with Crippen LogP contribution in [0.2, 0.25) is 0 Å². The summed E-state index contributed by atoms with van der Waals surface area (Å²) in [7, 11) is 3.42. The first-order chi connectivity index (χ1) is 4.38. The molecule has 1 saturated heterocycles. The van der Waals surface area contributed by atoms with Crippen molar-refractivity contribution in [3.63, 3.8) is 0 Å². The van der Waals surface area contributed by atoms with E-state index < -0.39 is 0 Å². The van der Waals surface area contributed by atoms with Gasteiger partial charge >= 0.3 is 0 Å². The Bertz CT molecular complexity index is 77.1. The second kappa shape index (κ2) is 3.15. The third kappa shape index (κ3) is 1.41. The van der Waals surface area contributed by atoms with Crippen molar-refractivity contribution in [2.75, 3.05) is 27.3 Å². The Kier molecular flexibility index (Phi) is 2.45. The first-order valence-electron chi connectivity index (χ1n) is 3.14. The topological polar surface area (TPSA) is 30.5 Å². The van der Waals surface area contributed by atoms with Crippen LogP contribution in [0, 0.1) is 0 Å². The highest BCUT2D eigenvalue weighted by molar-refractivity contribution is 4.81. The normalized spacial score (nSPS) is 35.3. The molecule has 1 aliphatic rings. The zero-order valence-electron chi connectivity index (χ0n) is 5.89. The van der Waals surface area contributed by atoms with Gasteiger partial charge in [0.15, 0.2) is 0 Å². The monoisotopic (exact) mass is 131 g/mol. The number of ether oxygens (including phenoxy) is 2. The zero-order valence-corrected chi connectivity index (χ0v) is 5.89. The summed E-state index contributed by atoms with van der Waals surface area (Å²) in [5, 5.41) is 3.17. The zero-order chi connectivity index (χ0) is 6.69. The van der Waals surface area contributed by atoms with E-state index in [4.69, 9.17) is 9.47 Å². The Morgan fingerprint density at radius 1 is 1.11 bits per heavy atom. The van der Waals surface area contributed by atoms with Crippen LogP contribution < -0.4 is 5.32 Å². The van der Waals surface area contributed by atoms with E-state index in [0.29, 0.717) is 0 Å². The lowest BCUT2D eigenvalue weighted by Gasteiger charge is -2.14. The Hall–Kier alpha value is -0.120. The second-order valence-electron chi connectivity index (χ2n) is 2.21. The van der Waals surface area contributed by atoms with E-state index >= 15 is 0 Å². The predicted molar refractivity (Wildman–Crippen MR) is 34.5 cm³/mol. The summed E-state index contributed by atoms with van der Waals surface area (Å²) in [6.45, 7) is 1.82. The minimum Gasteiger partial charge on any atom is -0.377 e. The van der Waals surface area contributed by atoms with E-state index in [9.17, 15) is 0 Å². The molecule has 3 nitrogen and oxygen atoms in total. The lowest BCUT2D eigenvalue weighted by atomic mass is 10.3. The molecular formula is C6H13NO2. The number of nitrogens with one attached hydrogen (secondary N) is 1. The molecule has 0 aliphatic carbocycles. The number of rotatable bonds is 2. The van der Waals surface area contributed by atoms with Crippen molar-refractivity contribution in [2.45, 2.75) is 12.2 Å². The third-order valence-corrected chi connectivity index (χ3v) is 1.71. The van der Waals surface area contributed by atoms with Gasteiger partial charge < -0.3 is 14.8 Å². The van der Waals surface area contributed by atoms with Crippen molar-refractivity contribution >= 4 is 0 Å². The first kappa shape index (κ1) is 6.99. The van der Waals surface area contributed by atoms with Crippen molar-refractivity contribution in [1.82, 2.24) is 5.32 Å². The van der Waals surface area contributed by atoms with E-state index in [1.54, 1.807) is 14.2 Å². The van der Waals surface area contributed by atoms with Crippen LogP contribution in [-0.2, 0) is 9.47 Å². The highest BCUT2D eigenvalue weighted by Crippen LogP contribution is 2.05. The van der Waals surface area contributed by atoms with Crippen LogP contribution in [0.4, 0.5) is 0 Å². The van der Waals surface area contributed by atoms with Crippen molar-refractivity contribution in [1.29, 1.82) is 0 Å². The smallest absolute Gasteiger partial charge is 0.0969 e. The molecule has 0 amide bonds. The molecular weight excluding hydrogens is 118 g/mol. The molecule has 0 saturated carbocycles. The van der Waals surface area contributed by atoms with Gasteiger partial charge in [0.1, 0.15) is 0 Å². The van der Waals surface area contributed by atoms with Crippen LogP contribution in [0.25, 0.3) is 0 Å². The molecule has 1 N–H and O–H groups in total. The van der Waals surface area contributed by atoms with Crippen molar-refractivity contribution < 1.29 is 9.47 Å². The molecule has 54 valence electrons. The Balaban J connectivity index is 2.32. The summed E-state index contributed by atoms with van der Waals surface area (Å²) in [5.41, 5.74) is 0. The summed E-state index contributed by atoms with van der Waals surface area (Å²) in [5.74, 6) is 0. The van der Waals surface area contributed by atoms with Gasteiger partial charge in [-0.05, 0) is 0 Å². The van der Waals surface area contributed by atoms with Crippen LogP contribution in [0.5, 0.6) is 0 Å². The van der Waals surface area contributed by atoms with Gasteiger partial charge in [-0.25, -0.2) is 0 Å². The maximum absolute atomic E-state index is 5.13. The van der Waals surface area contributed by atoms with E-state index in [2.05, 4.69) is 5.32 Å². The maximum Gasteiger partial charge on any atom is 0.0969 e. The molecule has 2 atom stereocenters. The fourth-order valence-electron chi connectivity index (χ4n) is 1.10. The van der Waals surface area contributed by atoms with Crippen molar-refractivity contribution in [2.24, 2.45) is 0 Å². The lowest BCUT2D eigenvalue weighted by Crippen LogP contribution is -2.27. The minimum absolute atomic E-state index is 0.245. The third-order valence-electron chi connectivity index (χ3n) is 1.71. The highest BCUT2D eigenvalue weighted by Gasteiger charge is 2.25. The lowest BCUT2D eigenvalue weighted by molar-refractivity contribution is -0.00461. The summed E-state index contributed by atoms with van der Waals surface area (Å²) < 4.78 is 10.3. The largest absolute Gasteiger partial charge is 0.377 e. The van der Waals surface area contributed by atoms with E-state index in [0.717, 1.165) is 13.1 Å². The highest BCUT2D eigenvalue weighted by atomic mass is 16.5. The number of methoxy groups -OCH3 is 2. The van der Waals surface area contributed by atoms with Crippen molar-refractivity contribution in [3.05, 3.63) is 0 Å². The summed E-state index contributed by atoms with van der Waals surface area (Å²) in [6, 6.07) is 0. The minimum atomic E-state index is 0.245. The standard InChI is InChI=1S/C6H13NO2/c1-8-5-3-7-4-6(5)9-2/h5-7H,3-4H2,1-2H3/t5-,6-/m1/s1. The Labute approximate surface area is 55.3 Å². The molecule has 9 heavy (non-hydrogen) atoms. The first-order valence-corrected chi connectivity index (χ1v) is 3.14. The molecule has 1 fully saturated rings. The molecule has 0 unspecified atom stereocenters. The quantitative estimate of drug-likeness (QED) is 0.554. The van der Waals surface area contributed by atoms with Crippen molar-refractivity contribution in [3.8, 4) is 0 Å². The van der Waals surface area contributed by atoms with Gasteiger partial charge in [0.05, 0.1) is 12.2 Å². The van der Waals surface area contributed by atoms with Gasteiger partial charge in [0.25, 0.3) is 0 Å². The maximum atomic E-state index is 5.13. The Morgan fingerprint density at radius 3 is 1.89 bits per heavy atom. The molecule has 1 heterocycles. The predicted octanol–water partition coefficient (Wildman–Crippen LogP) is -0.380. The fourth-order valence-corrected chi connectivity index (χ4v) is 1.10. The van der Waals surface area contributed by atoms with Gasteiger partial charge in [-0.15, -0.1) is 0 Å². The van der Waals surface area contributed by atoms with Gasteiger partial charge in [0.2, 0.25) is 0 Å². The number of hydrogen-bond acceptors (Lipinski definition) is 3. The Morgan fingerprint density at radius 2 is 1.56 bits per heavy atom. The van der Waals surface area contributed by atoms with Crippen LogP contribution in [0.1, 0.15) is 0 Å². The van der Waals surface area contributed by atoms with Gasteiger partial charge in [-0.3, -0.25) is 0 Å². The van der Waals surface area contributed by atoms with E-state index in [1.165, 1.54) is 0 Å². The second-order valence-corrected chi connectivity index (χ2v) is 2.21. The summed E-state index contributed by atoms with van der Waals surface area (Å²) in [6.07, 6.45) is 0.491. The molecule has 0 aromatic rings. The van der Waals surface area contributed by atoms with Crippen LogP contribution >= 0.6 is 0 Å². The average Bonchev–Trinajstić information content (AvgIpc) is 2.33.